The van der Waals surface area contributed by atoms with E-state index in [-0.39, 0.29) is 11.9 Å². The van der Waals surface area contributed by atoms with Gasteiger partial charge in [-0.2, -0.15) is 0 Å². The minimum atomic E-state index is -0.543. The molecule has 0 radical (unpaired) electrons. The second kappa shape index (κ2) is 5.42. The summed E-state index contributed by atoms with van der Waals surface area (Å²) in [6, 6.07) is 5.70. The zero-order valence-corrected chi connectivity index (χ0v) is 11.6. The van der Waals surface area contributed by atoms with E-state index >= 15 is 0 Å². The molecular formula is C15H20N2O3. The molecule has 1 saturated heterocycles. The Morgan fingerprint density at radius 1 is 1.55 bits per heavy atom. The smallest absolute Gasteiger partial charge is 0.224 e. The third kappa shape index (κ3) is 2.39. The normalized spacial score (nSPS) is 23.1. The number of aliphatic hydroxyl groups excluding tert-OH is 1. The molecule has 1 aromatic rings. The summed E-state index contributed by atoms with van der Waals surface area (Å²) in [6.07, 6.45) is 1.53. The number of fused-ring (bicyclic) bond motifs is 1. The Hall–Kier alpha value is -1.59. The molecule has 5 nitrogen and oxygen atoms in total. The topological polar surface area (TPSA) is 61.8 Å². The second-order valence-corrected chi connectivity index (χ2v) is 5.39. The van der Waals surface area contributed by atoms with E-state index in [1.807, 2.05) is 18.2 Å². The predicted molar refractivity (Wildman–Crippen MR) is 75.9 cm³/mol. The van der Waals surface area contributed by atoms with Crippen molar-refractivity contribution in [3.05, 3.63) is 23.8 Å². The minimum Gasteiger partial charge on any atom is -0.490 e. The maximum Gasteiger partial charge on any atom is 0.224 e. The quantitative estimate of drug-likeness (QED) is 0.852. The van der Waals surface area contributed by atoms with Gasteiger partial charge in [-0.3, -0.25) is 4.79 Å². The molecule has 0 spiro atoms. The molecule has 0 aromatic heterocycles. The van der Waals surface area contributed by atoms with Crippen LogP contribution in [-0.2, 0) is 4.79 Å². The Morgan fingerprint density at radius 3 is 3.10 bits per heavy atom. The zero-order chi connectivity index (χ0) is 14.1. The molecule has 1 aromatic carbocycles. The Morgan fingerprint density at radius 2 is 2.40 bits per heavy atom. The molecule has 0 bridgehead atoms. The van der Waals surface area contributed by atoms with Crippen molar-refractivity contribution in [3.63, 3.8) is 0 Å². The Balaban J connectivity index is 1.90. The number of carbonyl (C=O) groups excluding carboxylic acids is 1. The molecule has 20 heavy (non-hydrogen) atoms. The average Bonchev–Trinajstić information content (AvgIpc) is 2.99. The van der Waals surface area contributed by atoms with Crippen LogP contribution in [0, 0.1) is 0 Å². The summed E-state index contributed by atoms with van der Waals surface area (Å²) < 4.78 is 5.57. The summed E-state index contributed by atoms with van der Waals surface area (Å²) in [5.74, 6) is 0.710. The van der Waals surface area contributed by atoms with Gasteiger partial charge in [0.05, 0.1) is 18.3 Å². The highest BCUT2D eigenvalue weighted by Gasteiger charge is 2.27. The molecule has 1 amide bonds. The van der Waals surface area contributed by atoms with E-state index < -0.39 is 6.10 Å². The number of aliphatic hydroxyl groups is 1. The largest absolute Gasteiger partial charge is 0.490 e. The summed E-state index contributed by atoms with van der Waals surface area (Å²) >= 11 is 0. The van der Waals surface area contributed by atoms with Gasteiger partial charge in [0, 0.05) is 13.0 Å². The molecule has 2 atom stereocenters. The molecule has 2 N–H and O–H groups in total. The average molecular weight is 276 g/mol. The van der Waals surface area contributed by atoms with Crippen molar-refractivity contribution in [2.24, 2.45) is 0 Å². The molecule has 3 rings (SSSR count). The van der Waals surface area contributed by atoms with Crippen molar-refractivity contribution in [1.29, 1.82) is 0 Å². The van der Waals surface area contributed by atoms with Crippen LogP contribution in [0.25, 0.3) is 0 Å². The molecule has 0 aliphatic carbocycles. The third-order valence-electron chi connectivity index (χ3n) is 4.05. The number of rotatable bonds is 2. The van der Waals surface area contributed by atoms with Gasteiger partial charge in [-0.05, 0) is 37.1 Å². The molecule has 5 heteroatoms. The fraction of sp³-hybridized carbons (Fsp3) is 0.533. The molecule has 108 valence electrons. The number of nitrogens with one attached hydrogen (secondary N) is 1. The fourth-order valence-electron chi connectivity index (χ4n) is 2.96. The number of nitrogens with zero attached hydrogens (tertiary/aromatic N) is 1. The maximum absolute atomic E-state index is 11.7. The van der Waals surface area contributed by atoms with Crippen molar-refractivity contribution in [2.75, 3.05) is 24.6 Å². The van der Waals surface area contributed by atoms with Crippen LogP contribution in [0.5, 0.6) is 5.75 Å². The van der Waals surface area contributed by atoms with Gasteiger partial charge in [0.2, 0.25) is 5.91 Å². The highest BCUT2D eigenvalue weighted by atomic mass is 16.5. The number of amides is 1. The number of ether oxygens (including phenoxy) is 1. The van der Waals surface area contributed by atoms with Crippen LogP contribution in [0.1, 0.15) is 31.4 Å². The molecular weight excluding hydrogens is 256 g/mol. The van der Waals surface area contributed by atoms with Gasteiger partial charge >= 0.3 is 0 Å². The van der Waals surface area contributed by atoms with Gasteiger partial charge in [-0.1, -0.05) is 6.07 Å². The molecule has 2 heterocycles. The Kier molecular flexibility index (Phi) is 3.63. The fourth-order valence-corrected chi connectivity index (χ4v) is 2.96. The van der Waals surface area contributed by atoms with E-state index in [4.69, 9.17) is 4.74 Å². The summed E-state index contributed by atoms with van der Waals surface area (Å²) in [5.41, 5.74) is 1.60. The van der Waals surface area contributed by atoms with E-state index in [1.54, 1.807) is 11.8 Å². The van der Waals surface area contributed by atoms with Crippen LogP contribution < -0.4 is 15.0 Å². The molecule has 2 aliphatic heterocycles. The first kappa shape index (κ1) is 13.4. The number of benzene rings is 1. The van der Waals surface area contributed by atoms with Crippen LogP contribution in [-0.4, -0.2) is 36.8 Å². The number of hydrogen-bond acceptors (Lipinski definition) is 4. The van der Waals surface area contributed by atoms with Gasteiger partial charge in [0.1, 0.15) is 12.4 Å². The SMILES string of the molecule is CC(=O)N1CCOc2ccc(C(O)C3CCCN3)cc21. The van der Waals surface area contributed by atoms with Gasteiger partial charge in [-0.15, -0.1) is 0 Å². The van der Waals surface area contributed by atoms with Crippen molar-refractivity contribution in [3.8, 4) is 5.75 Å². The van der Waals surface area contributed by atoms with Crippen LogP contribution >= 0.6 is 0 Å². The van der Waals surface area contributed by atoms with E-state index in [0.29, 0.717) is 18.9 Å². The number of anilines is 1. The van der Waals surface area contributed by atoms with Crippen LogP contribution in [0.2, 0.25) is 0 Å². The van der Waals surface area contributed by atoms with E-state index in [9.17, 15) is 9.90 Å². The van der Waals surface area contributed by atoms with Crippen LogP contribution in [0.3, 0.4) is 0 Å². The summed E-state index contributed by atoms with van der Waals surface area (Å²) in [6.45, 7) is 3.58. The molecule has 2 aliphatic rings. The standard InChI is InChI=1S/C15H20N2O3/c1-10(18)17-7-8-20-14-5-4-11(9-13(14)17)15(19)12-3-2-6-16-12/h4-5,9,12,15-16,19H,2-3,6-8H2,1H3. The van der Waals surface area contributed by atoms with Crippen molar-refractivity contribution in [2.45, 2.75) is 31.9 Å². The van der Waals surface area contributed by atoms with E-state index in [1.165, 1.54) is 0 Å². The Bertz CT molecular complexity index is 512. The van der Waals surface area contributed by atoms with E-state index in [0.717, 1.165) is 30.6 Å². The Labute approximate surface area is 118 Å². The monoisotopic (exact) mass is 276 g/mol. The van der Waals surface area contributed by atoms with Crippen molar-refractivity contribution in [1.82, 2.24) is 5.32 Å². The van der Waals surface area contributed by atoms with Gasteiger partial charge in [0.25, 0.3) is 0 Å². The molecule has 1 fully saturated rings. The van der Waals surface area contributed by atoms with Crippen LogP contribution in [0.4, 0.5) is 5.69 Å². The first-order valence-corrected chi connectivity index (χ1v) is 7.13. The number of carbonyl (C=O) groups is 1. The van der Waals surface area contributed by atoms with Crippen molar-refractivity contribution >= 4 is 11.6 Å². The lowest BCUT2D eigenvalue weighted by Crippen LogP contribution is -2.36. The van der Waals surface area contributed by atoms with Gasteiger partial charge in [-0.25, -0.2) is 0 Å². The van der Waals surface area contributed by atoms with Gasteiger partial charge in [0.15, 0.2) is 0 Å². The number of hydrogen-bond donors (Lipinski definition) is 2. The van der Waals surface area contributed by atoms with E-state index in [2.05, 4.69) is 5.32 Å². The zero-order valence-electron chi connectivity index (χ0n) is 11.6. The first-order chi connectivity index (χ1) is 9.66. The first-order valence-electron chi connectivity index (χ1n) is 7.13. The summed E-state index contributed by atoms with van der Waals surface area (Å²) in [7, 11) is 0. The third-order valence-corrected chi connectivity index (χ3v) is 4.05. The lowest BCUT2D eigenvalue weighted by molar-refractivity contribution is -0.116. The second-order valence-electron chi connectivity index (χ2n) is 5.39. The maximum atomic E-state index is 11.7. The van der Waals surface area contributed by atoms with Crippen molar-refractivity contribution < 1.29 is 14.6 Å². The predicted octanol–water partition coefficient (Wildman–Crippen LogP) is 1.22. The highest BCUT2D eigenvalue weighted by Crippen LogP contribution is 2.35. The molecule has 0 saturated carbocycles. The molecule has 2 unspecified atom stereocenters. The lowest BCUT2D eigenvalue weighted by Gasteiger charge is -2.30. The van der Waals surface area contributed by atoms with Crippen LogP contribution in [0.15, 0.2) is 18.2 Å². The summed E-state index contributed by atoms with van der Waals surface area (Å²) in [4.78, 5) is 13.4. The lowest BCUT2D eigenvalue weighted by atomic mass is 9.99. The minimum absolute atomic E-state index is 0.000168. The highest BCUT2D eigenvalue weighted by molar-refractivity contribution is 5.93. The summed E-state index contributed by atoms with van der Waals surface area (Å²) in [5, 5.41) is 13.7. The van der Waals surface area contributed by atoms with Gasteiger partial charge < -0.3 is 20.1 Å².